The predicted octanol–water partition coefficient (Wildman–Crippen LogP) is 1.55. The van der Waals surface area contributed by atoms with E-state index in [-0.39, 0.29) is 5.54 Å². The molecule has 2 rings (SSSR count). The largest absolute Gasteiger partial charge is 0.359 e. The minimum Gasteiger partial charge on any atom is -0.359 e. The average molecular weight is 227 g/mol. The van der Waals surface area contributed by atoms with Crippen LogP contribution in [0.2, 0.25) is 0 Å². The molecule has 0 aliphatic carbocycles. The summed E-state index contributed by atoms with van der Waals surface area (Å²) in [6.45, 7) is 6.65. The summed E-state index contributed by atoms with van der Waals surface area (Å²) in [4.78, 5) is 7.10. The summed E-state index contributed by atoms with van der Waals surface area (Å²) in [7, 11) is 2.21. The smallest absolute Gasteiger partial charge is 0.157 e. The van der Waals surface area contributed by atoms with Gasteiger partial charge in [0.05, 0.1) is 6.54 Å². The van der Waals surface area contributed by atoms with Gasteiger partial charge in [-0.1, -0.05) is 11.8 Å². The Morgan fingerprint density at radius 3 is 2.93 bits per heavy atom. The lowest BCUT2D eigenvalue weighted by Gasteiger charge is -2.18. The number of likely N-dealkylation sites (tertiary alicyclic amines) is 1. The zero-order chi connectivity index (χ0) is 10.9. The molecule has 2 aliphatic heterocycles. The van der Waals surface area contributed by atoms with Crippen molar-refractivity contribution in [3.8, 4) is 0 Å². The lowest BCUT2D eigenvalue weighted by atomic mass is 10.1. The molecule has 0 aromatic carbocycles. The summed E-state index contributed by atoms with van der Waals surface area (Å²) >= 11 is 1.85. The van der Waals surface area contributed by atoms with Gasteiger partial charge in [-0.05, 0) is 40.3 Å². The second-order valence-electron chi connectivity index (χ2n) is 5.22. The van der Waals surface area contributed by atoms with Crippen LogP contribution >= 0.6 is 11.8 Å². The van der Waals surface area contributed by atoms with Crippen LogP contribution in [0.4, 0.5) is 0 Å². The molecule has 0 spiro atoms. The Labute approximate surface area is 96.7 Å². The number of hydrogen-bond acceptors (Lipinski definition) is 3. The Hall–Kier alpha value is -0.220. The number of likely N-dealkylation sites (N-methyl/N-ethyl adjacent to an activating group) is 1. The lowest BCUT2D eigenvalue weighted by Crippen LogP contribution is -2.37. The van der Waals surface area contributed by atoms with Crippen LogP contribution in [0.15, 0.2) is 4.99 Å². The molecule has 0 aromatic rings. The third-order valence-corrected chi connectivity index (χ3v) is 4.50. The molecule has 0 saturated carbocycles. The third-order valence-electron chi connectivity index (χ3n) is 3.13. The van der Waals surface area contributed by atoms with E-state index in [0.29, 0.717) is 6.04 Å². The van der Waals surface area contributed by atoms with Crippen LogP contribution in [-0.4, -0.2) is 47.5 Å². The lowest BCUT2D eigenvalue weighted by molar-refractivity contribution is 0.317. The quantitative estimate of drug-likeness (QED) is 0.775. The van der Waals surface area contributed by atoms with Crippen LogP contribution in [0.5, 0.6) is 0 Å². The van der Waals surface area contributed by atoms with E-state index in [1.54, 1.807) is 0 Å². The van der Waals surface area contributed by atoms with E-state index < -0.39 is 0 Å². The first-order valence-corrected chi connectivity index (χ1v) is 6.71. The predicted molar refractivity (Wildman–Crippen MR) is 67.6 cm³/mol. The molecular formula is C11H21N3S. The highest BCUT2D eigenvalue weighted by atomic mass is 32.2. The number of rotatable bonds is 2. The summed E-state index contributed by atoms with van der Waals surface area (Å²) in [6.07, 6.45) is 2.64. The summed E-state index contributed by atoms with van der Waals surface area (Å²) in [5.74, 6) is 1.13. The molecule has 3 nitrogen and oxygen atoms in total. The van der Waals surface area contributed by atoms with Gasteiger partial charge >= 0.3 is 0 Å². The maximum Gasteiger partial charge on any atom is 0.157 e. The van der Waals surface area contributed by atoms with Crippen molar-refractivity contribution in [2.75, 3.05) is 25.9 Å². The molecule has 0 amide bonds. The van der Waals surface area contributed by atoms with E-state index in [2.05, 4.69) is 36.1 Å². The first kappa shape index (κ1) is 11.3. The molecule has 2 saturated heterocycles. The minimum absolute atomic E-state index is 0.227. The topological polar surface area (TPSA) is 27.6 Å². The van der Waals surface area contributed by atoms with Crippen molar-refractivity contribution < 1.29 is 0 Å². The van der Waals surface area contributed by atoms with Gasteiger partial charge in [-0.2, -0.15) is 0 Å². The second kappa shape index (κ2) is 4.34. The van der Waals surface area contributed by atoms with E-state index in [0.717, 1.165) is 17.5 Å². The Bertz CT molecular complexity index is 263. The first-order valence-electron chi connectivity index (χ1n) is 5.72. The van der Waals surface area contributed by atoms with Crippen LogP contribution < -0.4 is 5.32 Å². The first-order chi connectivity index (χ1) is 7.07. The standard InChI is InChI=1S/C11H21N3S/c1-11(2)8-15-10(13-11)12-7-9-5-4-6-14(9)3/h9H,4-8H2,1-3H3,(H,12,13). The maximum absolute atomic E-state index is 4.68. The number of aliphatic imine (C=N–C) groups is 1. The van der Waals surface area contributed by atoms with Crippen molar-refractivity contribution in [1.82, 2.24) is 10.2 Å². The summed E-state index contributed by atoms with van der Waals surface area (Å²) in [5, 5.41) is 4.60. The summed E-state index contributed by atoms with van der Waals surface area (Å²) in [5.41, 5.74) is 0.227. The van der Waals surface area contributed by atoms with Gasteiger partial charge in [0.1, 0.15) is 0 Å². The maximum atomic E-state index is 4.68. The summed E-state index contributed by atoms with van der Waals surface area (Å²) in [6, 6.07) is 0.670. The molecule has 86 valence electrons. The molecule has 1 unspecified atom stereocenters. The highest BCUT2D eigenvalue weighted by molar-refractivity contribution is 8.14. The number of amidine groups is 1. The number of thioether (sulfide) groups is 1. The Morgan fingerprint density at radius 2 is 2.40 bits per heavy atom. The van der Waals surface area contributed by atoms with Crippen molar-refractivity contribution >= 4 is 16.9 Å². The van der Waals surface area contributed by atoms with E-state index in [4.69, 9.17) is 0 Å². The fourth-order valence-corrected chi connectivity index (χ4v) is 3.18. The van der Waals surface area contributed by atoms with Crippen LogP contribution in [0, 0.1) is 0 Å². The molecule has 2 fully saturated rings. The van der Waals surface area contributed by atoms with Crippen LogP contribution in [-0.2, 0) is 0 Å². The second-order valence-corrected chi connectivity index (χ2v) is 6.18. The number of hydrogen-bond donors (Lipinski definition) is 1. The Kier molecular flexibility index (Phi) is 3.26. The molecule has 15 heavy (non-hydrogen) atoms. The van der Waals surface area contributed by atoms with Crippen LogP contribution in [0.25, 0.3) is 0 Å². The normalized spacial score (nSPS) is 33.5. The van der Waals surface area contributed by atoms with Gasteiger partial charge in [-0.25, -0.2) is 0 Å². The van der Waals surface area contributed by atoms with E-state index >= 15 is 0 Å². The van der Waals surface area contributed by atoms with Gasteiger partial charge in [0.25, 0.3) is 0 Å². The van der Waals surface area contributed by atoms with Gasteiger partial charge in [0.15, 0.2) is 5.17 Å². The van der Waals surface area contributed by atoms with E-state index in [1.807, 2.05) is 11.8 Å². The molecule has 0 aromatic heterocycles. The van der Waals surface area contributed by atoms with Crippen molar-refractivity contribution in [3.05, 3.63) is 0 Å². The Balaban J connectivity index is 1.84. The van der Waals surface area contributed by atoms with Gasteiger partial charge < -0.3 is 10.2 Å². The van der Waals surface area contributed by atoms with Gasteiger partial charge in [0, 0.05) is 17.3 Å². The van der Waals surface area contributed by atoms with Gasteiger partial charge in [-0.15, -0.1) is 0 Å². The number of nitrogens with one attached hydrogen (secondary N) is 1. The molecule has 2 heterocycles. The SMILES string of the molecule is CN1CCCC1CN=C1NC(C)(C)CS1. The van der Waals surface area contributed by atoms with E-state index in [9.17, 15) is 0 Å². The molecule has 4 heteroatoms. The summed E-state index contributed by atoms with van der Waals surface area (Å²) < 4.78 is 0. The fourth-order valence-electron chi connectivity index (χ4n) is 2.09. The van der Waals surface area contributed by atoms with E-state index in [1.165, 1.54) is 19.4 Å². The highest BCUT2D eigenvalue weighted by Gasteiger charge is 2.28. The molecule has 0 bridgehead atoms. The highest BCUT2D eigenvalue weighted by Crippen LogP contribution is 2.23. The molecule has 1 atom stereocenters. The average Bonchev–Trinajstić information content (AvgIpc) is 2.69. The molecular weight excluding hydrogens is 206 g/mol. The van der Waals surface area contributed by atoms with Crippen LogP contribution in [0.1, 0.15) is 26.7 Å². The zero-order valence-electron chi connectivity index (χ0n) is 9.92. The molecule has 1 N–H and O–H groups in total. The van der Waals surface area contributed by atoms with Crippen molar-refractivity contribution in [2.45, 2.75) is 38.3 Å². The third kappa shape index (κ3) is 2.88. The minimum atomic E-state index is 0.227. The van der Waals surface area contributed by atoms with Crippen molar-refractivity contribution in [2.24, 2.45) is 4.99 Å². The van der Waals surface area contributed by atoms with Gasteiger partial charge in [-0.3, -0.25) is 4.99 Å². The fraction of sp³-hybridized carbons (Fsp3) is 0.909. The van der Waals surface area contributed by atoms with Gasteiger partial charge in [0.2, 0.25) is 0 Å². The molecule has 0 radical (unpaired) electrons. The van der Waals surface area contributed by atoms with Crippen molar-refractivity contribution in [1.29, 1.82) is 0 Å². The zero-order valence-corrected chi connectivity index (χ0v) is 10.7. The van der Waals surface area contributed by atoms with Crippen molar-refractivity contribution in [3.63, 3.8) is 0 Å². The molecule has 2 aliphatic rings. The monoisotopic (exact) mass is 227 g/mol. The Morgan fingerprint density at radius 1 is 1.60 bits per heavy atom. The van der Waals surface area contributed by atoms with Crippen LogP contribution in [0.3, 0.4) is 0 Å². The number of nitrogens with zero attached hydrogens (tertiary/aromatic N) is 2.